The Morgan fingerprint density at radius 2 is 1.13 bits per heavy atom. The van der Waals surface area contributed by atoms with E-state index < -0.39 is 0 Å². The molecule has 5 heteroatoms. The van der Waals surface area contributed by atoms with E-state index in [9.17, 15) is 0 Å². The second kappa shape index (κ2) is 14.1. The summed E-state index contributed by atoms with van der Waals surface area (Å²) in [5.74, 6) is 2.14. The highest BCUT2D eigenvalue weighted by molar-refractivity contribution is 7.00. The summed E-state index contributed by atoms with van der Waals surface area (Å²) in [4.78, 5) is 7.45. The summed E-state index contributed by atoms with van der Waals surface area (Å²) in [5.41, 5.74) is 17.2. The molecule has 3 aliphatic rings. The van der Waals surface area contributed by atoms with Crippen molar-refractivity contribution in [2.24, 2.45) is 0 Å². The Labute approximate surface area is 361 Å². The van der Waals surface area contributed by atoms with E-state index in [4.69, 9.17) is 4.42 Å². The van der Waals surface area contributed by atoms with Crippen molar-refractivity contribution >= 4 is 85.3 Å². The minimum Gasteiger partial charge on any atom is -0.445 e. The first kappa shape index (κ1) is 37.5. The lowest BCUT2D eigenvalue weighted by molar-refractivity contribution is 0.484. The third kappa shape index (κ3) is 6.11. The fourth-order valence-corrected chi connectivity index (χ4v) is 10.2. The zero-order chi connectivity index (χ0) is 41.6. The third-order valence-corrected chi connectivity index (χ3v) is 13.3. The number of aryl methyl sites for hydroxylation is 1. The molecule has 61 heavy (non-hydrogen) atoms. The van der Waals surface area contributed by atoms with Gasteiger partial charge in [-0.15, -0.1) is 0 Å². The number of hydrogen-bond donors (Lipinski definition) is 0. The molecule has 0 unspecified atom stereocenters. The molecule has 0 atom stereocenters. The SMILES string of the molecule is CC(C)(C)c1ccc(N(c2ccc3c(c2)N(c2ccccc2)c2cc(C(C)(C)C)cc4c2B3c2c(oc3c2CCCC3)N4c2ccccc2)c2cccc3ccccc23)cc1. The molecule has 3 heterocycles. The van der Waals surface area contributed by atoms with E-state index >= 15 is 0 Å². The number of benzene rings is 7. The van der Waals surface area contributed by atoms with Crippen molar-refractivity contribution < 1.29 is 4.42 Å². The van der Waals surface area contributed by atoms with Crippen LogP contribution in [0.2, 0.25) is 0 Å². The minimum absolute atomic E-state index is 0.000618. The van der Waals surface area contributed by atoms with Crippen molar-refractivity contribution in [1.29, 1.82) is 0 Å². The summed E-state index contributed by atoms with van der Waals surface area (Å²) in [5, 5.41) is 2.44. The second-order valence-corrected chi connectivity index (χ2v) is 19.3. The topological polar surface area (TPSA) is 22.9 Å². The summed E-state index contributed by atoms with van der Waals surface area (Å²) < 4.78 is 7.16. The molecule has 0 saturated heterocycles. The van der Waals surface area contributed by atoms with Crippen LogP contribution >= 0.6 is 0 Å². The first-order chi connectivity index (χ1) is 29.5. The molecule has 0 radical (unpaired) electrons. The van der Waals surface area contributed by atoms with Crippen LogP contribution in [-0.4, -0.2) is 6.71 Å². The van der Waals surface area contributed by atoms with Crippen molar-refractivity contribution in [3.63, 3.8) is 0 Å². The van der Waals surface area contributed by atoms with Crippen LogP contribution in [0.3, 0.4) is 0 Å². The number of para-hydroxylation sites is 2. The Bertz CT molecular complexity index is 2950. The van der Waals surface area contributed by atoms with Gasteiger partial charge in [0.2, 0.25) is 0 Å². The van der Waals surface area contributed by atoms with Crippen LogP contribution in [0.25, 0.3) is 10.8 Å². The number of hydrogen-bond acceptors (Lipinski definition) is 4. The second-order valence-electron chi connectivity index (χ2n) is 19.3. The van der Waals surface area contributed by atoms with Crippen molar-refractivity contribution in [3.8, 4) is 0 Å². The molecule has 0 amide bonds. The molecular weight excluding hydrogens is 741 g/mol. The molecule has 8 aromatic rings. The summed E-state index contributed by atoms with van der Waals surface area (Å²) in [6.45, 7) is 13.9. The zero-order valence-corrected chi connectivity index (χ0v) is 36.2. The highest BCUT2D eigenvalue weighted by atomic mass is 16.4. The fraction of sp³-hybridized carbons (Fsp3) is 0.214. The Kier molecular flexibility index (Phi) is 8.65. The summed E-state index contributed by atoms with van der Waals surface area (Å²) in [6.07, 6.45) is 4.34. The van der Waals surface area contributed by atoms with Gasteiger partial charge in [0, 0.05) is 51.6 Å². The number of rotatable bonds is 5. The maximum absolute atomic E-state index is 7.16. The van der Waals surface area contributed by atoms with Crippen LogP contribution < -0.4 is 31.1 Å². The van der Waals surface area contributed by atoms with Gasteiger partial charge in [0.25, 0.3) is 6.71 Å². The Hall–Kier alpha value is -6.46. The fourth-order valence-electron chi connectivity index (χ4n) is 10.2. The van der Waals surface area contributed by atoms with Gasteiger partial charge < -0.3 is 14.2 Å². The highest BCUT2D eigenvalue weighted by Crippen LogP contribution is 2.49. The van der Waals surface area contributed by atoms with E-state index in [1.54, 1.807) is 0 Å². The summed E-state index contributed by atoms with van der Waals surface area (Å²) in [6, 6.07) is 58.7. The molecule has 0 fully saturated rings. The number of fused-ring (bicyclic) bond motifs is 7. The van der Waals surface area contributed by atoms with Gasteiger partial charge in [-0.05, 0) is 135 Å². The van der Waals surface area contributed by atoms with E-state index in [1.807, 2.05) is 0 Å². The predicted octanol–water partition coefficient (Wildman–Crippen LogP) is 13.5. The van der Waals surface area contributed by atoms with E-state index in [0.29, 0.717) is 0 Å². The Balaban J connectivity index is 1.22. The smallest absolute Gasteiger partial charge is 0.256 e. The van der Waals surface area contributed by atoms with Gasteiger partial charge in [0.15, 0.2) is 5.88 Å². The number of anilines is 9. The molecular formula is C56H52BN3O. The zero-order valence-electron chi connectivity index (χ0n) is 36.2. The predicted molar refractivity (Wildman–Crippen MR) is 259 cm³/mol. The average molecular weight is 794 g/mol. The van der Waals surface area contributed by atoms with Gasteiger partial charge in [0.05, 0.1) is 5.69 Å². The monoisotopic (exact) mass is 793 g/mol. The van der Waals surface area contributed by atoms with Crippen molar-refractivity contribution in [1.82, 2.24) is 0 Å². The Morgan fingerprint density at radius 1 is 0.525 bits per heavy atom. The maximum atomic E-state index is 7.16. The molecule has 0 spiro atoms. The summed E-state index contributed by atoms with van der Waals surface area (Å²) >= 11 is 0. The number of furan rings is 1. The molecule has 4 nitrogen and oxygen atoms in total. The molecule has 0 N–H and O–H groups in total. The molecule has 0 saturated carbocycles. The summed E-state index contributed by atoms with van der Waals surface area (Å²) in [7, 11) is 0. The lowest BCUT2D eigenvalue weighted by Crippen LogP contribution is -2.62. The molecule has 11 rings (SSSR count). The van der Waals surface area contributed by atoms with Gasteiger partial charge >= 0.3 is 0 Å². The maximum Gasteiger partial charge on any atom is 0.256 e. The third-order valence-electron chi connectivity index (χ3n) is 13.3. The van der Waals surface area contributed by atoms with Crippen LogP contribution in [0.5, 0.6) is 0 Å². The highest BCUT2D eigenvalue weighted by Gasteiger charge is 2.48. The average Bonchev–Trinajstić information content (AvgIpc) is 3.65. The van der Waals surface area contributed by atoms with E-state index in [1.165, 1.54) is 67.3 Å². The lowest BCUT2D eigenvalue weighted by Gasteiger charge is -2.44. The standard InChI is InChI=1S/C56H52BN3O/c1-55(2,3)38-28-30-42(31-29-38)58(47-26-17-19-37-18-13-14-24-44(37)47)43-32-33-46-48(36-43)59(40-20-9-7-10-21-40)49-34-39(56(4,5)6)35-50-53(49)57(46)52-45-25-15-16-27-51(45)61-54(52)60(50)41-22-11-8-12-23-41/h7-14,17-24,26,28-36H,15-16,25,27H2,1-6H3. The molecule has 7 aromatic carbocycles. The van der Waals surface area contributed by atoms with Crippen LogP contribution in [0.4, 0.5) is 51.4 Å². The molecule has 0 bridgehead atoms. The quantitative estimate of drug-likeness (QED) is 0.162. The Morgan fingerprint density at radius 3 is 1.84 bits per heavy atom. The van der Waals surface area contributed by atoms with Crippen molar-refractivity contribution in [2.45, 2.75) is 78.1 Å². The normalized spacial score (nSPS) is 14.4. The lowest BCUT2D eigenvalue weighted by atomic mass is 9.33. The number of nitrogens with zero attached hydrogens (tertiary/aromatic N) is 3. The molecule has 1 aliphatic carbocycles. The van der Waals surface area contributed by atoms with Gasteiger partial charge in [-0.1, -0.05) is 133 Å². The van der Waals surface area contributed by atoms with Crippen LogP contribution in [-0.2, 0) is 23.7 Å². The van der Waals surface area contributed by atoms with Crippen LogP contribution in [0, 0.1) is 0 Å². The first-order valence-corrected chi connectivity index (χ1v) is 22.1. The van der Waals surface area contributed by atoms with Crippen molar-refractivity contribution in [3.05, 3.63) is 180 Å². The first-order valence-electron chi connectivity index (χ1n) is 22.1. The van der Waals surface area contributed by atoms with Gasteiger partial charge in [-0.2, -0.15) is 0 Å². The van der Waals surface area contributed by atoms with Gasteiger partial charge in [-0.25, -0.2) is 0 Å². The van der Waals surface area contributed by atoms with Crippen LogP contribution in [0.1, 0.15) is 76.8 Å². The minimum atomic E-state index is -0.110. The van der Waals surface area contributed by atoms with Crippen LogP contribution in [0.15, 0.2) is 162 Å². The van der Waals surface area contributed by atoms with Gasteiger partial charge in [-0.3, -0.25) is 4.90 Å². The molecule has 1 aromatic heterocycles. The van der Waals surface area contributed by atoms with E-state index in [-0.39, 0.29) is 17.5 Å². The van der Waals surface area contributed by atoms with E-state index in [0.717, 1.165) is 59.3 Å². The largest absolute Gasteiger partial charge is 0.445 e. The molecule has 2 aliphatic heterocycles. The molecule has 300 valence electrons. The van der Waals surface area contributed by atoms with E-state index in [2.05, 4.69) is 214 Å². The van der Waals surface area contributed by atoms with Crippen molar-refractivity contribution in [2.75, 3.05) is 14.7 Å². The van der Waals surface area contributed by atoms with Gasteiger partial charge in [0.1, 0.15) is 5.76 Å².